The number of methoxy groups -OCH3 is 1. The molecule has 0 saturated carbocycles. The summed E-state index contributed by atoms with van der Waals surface area (Å²) in [6, 6.07) is 5.92. The Kier molecular flexibility index (Phi) is 6.52. The lowest BCUT2D eigenvalue weighted by atomic mass is 10.1. The topological polar surface area (TPSA) is 71.1 Å². The Morgan fingerprint density at radius 2 is 2.26 bits per heavy atom. The summed E-state index contributed by atoms with van der Waals surface area (Å²) >= 11 is 1.58. The van der Waals surface area contributed by atoms with Crippen molar-refractivity contribution in [2.75, 3.05) is 38.0 Å². The Labute approximate surface area is 118 Å². The second-order valence-electron chi connectivity index (χ2n) is 3.91. The monoisotopic (exact) mass is 283 g/mol. The van der Waals surface area contributed by atoms with Crippen LogP contribution in [-0.2, 0) is 4.74 Å². The Morgan fingerprint density at radius 1 is 1.53 bits per heavy atom. The van der Waals surface area contributed by atoms with Gasteiger partial charge in [0.1, 0.15) is 0 Å². The molecular weight excluding hydrogens is 262 g/mol. The molecule has 0 aliphatic heterocycles. The van der Waals surface area contributed by atoms with Crippen molar-refractivity contribution >= 4 is 23.3 Å². The minimum Gasteiger partial charge on any atom is -0.409 e. The maximum Gasteiger partial charge on any atom is 0.173 e. The number of amidine groups is 1. The van der Waals surface area contributed by atoms with Crippen LogP contribution in [0.15, 0.2) is 28.3 Å². The average Bonchev–Trinajstić information content (AvgIpc) is 2.46. The highest BCUT2D eigenvalue weighted by molar-refractivity contribution is 7.98. The van der Waals surface area contributed by atoms with Crippen LogP contribution in [0.3, 0.4) is 0 Å². The fourth-order valence-corrected chi connectivity index (χ4v) is 2.54. The largest absolute Gasteiger partial charge is 0.409 e. The summed E-state index contributed by atoms with van der Waals surface area (Å²) in [4.78, 5) is 3.14. The highest BCUT2D eigenvalue weighted by Crippen LogP contribution is 2.29. The van der Waals surface area contributed by atoms with Crippen molar-refractivity contribution in [3.8, 4) is 0 Å². The van der Waals surface area contributed by atoms with Crippen molar-refractivity contribution in [3.05, 3.63) is 23.8 Å². The third-order valence-corrected chi connectivity index (χ3v) is 3.66. The Bertz CT molecular complexity index is 438. The van der Waals surface area contributed by atoms with Gasteiger partial charge in [0.2, 0.25) is 0 Å². The molecule has 0 aromatic heterocycles. The second-order valence-corrected chi connectivity index (χ2v) is 4.76. The standard InChI is InChI=1S/C13H21N3O2S/c1-4-16(8-9-18-2)10-6-5-7-11(19-3)12(10)13(14)15-17/h5-7,17H,4,8-9H2,1-3H3,(H2,14,15). The van der Waals surface area contributed by atoms with Gasteiger partial charge in [0.25, 0.3) is 0 Å². The van der Waals surface area contributed by atoms with Gasteiger partial charge in [-0.05, 0) is 25.3 Å². The number of hydrogen-bond acceptors (Lipinski definition) is 5. The zero-order valence-corrected chi connectivity index (χ0v) is 12.4. The summed E-state index contributed by atoms with van der Waals surface area (Å²) in [7, 11) is 1.68. The lowest BCUT2D eigenvalue weighted by Gasteiger charge is -2.26. The van der Waals surface area contributed by atoms with Crippen LogP contribution in [0, 0.1) is 0 Å². The number of nitrogens with two attached hydrogens (primary N) is 1. The summed E-state index contributed by atoms with van der Waals surface area (Å²) in [6.07, 6.45) is 1.97. The molecular formula is C13H21N3O2S. The van der Waals surface area contributed by atoms with Gasteiger partial charge in [0, 0.05) is 30.8 Å². The van der Waals surface area contributed by atoms with Crippen molar-refractivity contribution < 1.29 is 9.94 Å². The molecule has 3 N–H and O–H groups in total. The SMILES string of the molecule is CCN(CCOC)c1cccc(SC)c1/C(N)=N/O. The van der Waals surface area contributed by atoms with E-state index in [0.717, 1.165) is 29.2 Å². The second kappa shape index (κ2) is 7.91. The summed E-state index contributed by atoms with van der Waals surface area (Å²) < 4.78 is 5.12. The molecule has 0 atom stereocenters. The van der Waals surface area contributed by atoms with Crippen LogP contribution in [0.1, 0.15) is 12.5 Å². The Balaban J connectivity index is 3.24. The highest BCUT2D eigenvalue weighted by Gasteiger charge is 2.16. The van der Waals surface area contributed by atoms with Gasteiger partial charge in [-0.1, -0.05) is 11.2 Å². The first-order valence-corrected chi connectivity index (χ1v) is 7.30. The van der Waals surface area contributed by atoms with Crippen LogP contribution >= 0.6 is 11.8 Å². The molecule has 0 amide bonds. The van der Waals surface area contributed by atoms with E-state index in [1.54, 1.807) is 18.9 Å². The van der Waals surface area contributed by atoms with Gasteiger partial charge < -0.3 is 20.6 Å². The van der Waals surface area contributed by atoms with E-state index in [1.165, 1.54) is 0 Å². The van der Waals surface area contributed by atoms with E-state index >= 15 is 0 Å². The van der Waals surface area contributed by atoms with Crippen molar-refractivity contribution in [3.63, 3.8) is 0 Å². The number of anilines is 1. The number of likely N-dealkylation sites (N-methyl/N-ethyl adjacent to an activating group) is 1. The quantitative estimate of drug-likeness (QED) is 0.263. The molecule has 106 valence electrons. The third kappa shape index (κ3) is 3.78. The number of ether oxygens (including phenoxy) is 1. The van der Waals surface area contributed by atoms with Crippen molar-refractivity contribution in [2.45, 2.75) is 11.8 Å². The van der Waals surface area contributed by atoms with Crippen LogP contribution in [0.2, 0.25) is 0 Å². The number of thioether (sulfide) groups is 1. The fourth-order valence-electron chi connectivity index (χ4n) is 1.91. The van der Waals surface area contributed by atoms with E-state index in [9.17, 15) is 0 Å². The minimum absolute atomic E-state index is 0.135. The maximum atomic E-state index is 8.97. The lowest BCUT2D eigenvalue weighted by Crippen LogP contribution is -2.30. The highest BCUT2D eigenvalue weighted by atomic mass is 32.2. The van der Waals surface area contributed by atoms with Gasteiger partial charge >= 0.3 is 0 Å². The van der Waals surface area contributed by atoms with Gasteiger partial charge in [-0.2, -0.15) is 0 Å². The van der Waals surface area contributed by atoms with Crippen LogP contribution in [0.4, 0.5) is 5.69 Å². The van der Waals surface area contributed by atoms with Crippen molar-refractivity contribution in [1.82, 2.24) is 0 Å². The first-order chi connectivity index (χ1) is 9.19. The number of rotatable bonds is 7. The molecule has 0 heterocycles. The van der Waals surface area contributed by atoms with Gasteiger partial charge in [-0.15, -0.1) is 11.8 Å². The molecule has 19 heavy (non-hydrogen) atoms. The molecule has 0 unspecified atom stereocenters. The summed E-state index contributed by atoms with van der Waals surface area (Å²) in [5, 5.41) is 12.1. The number of benzene rings is 1. The predicted molar refractivity (Wildman–Crippen MR) is 80.5 cm³/mol. The lowest BCUT2D eigenvalue weighted by molar-refractivity contribution is 0.205. The number of oxime groups is 1. The van der Waals surface area contributed by atoms with Crippen molar-refractivity contribution in [2.24, 2.45) is 10.9 Å². The van der Waals surface area contributed by atoms with Crippen LogP contribution in [0.5, 0.6) is 0 Å². The first-order valence-electron chi connectivity index (χ1n) is 6.08. The smallest absolute Gasteiger partial charge is 0.173 e. The molecule has 5 nitrogen and oxygen atoms in total. The van der Waals surface area contributed by atoms with E-state index in [4.69, 9.17) is 15.7 Å². The predicted octanol–water partition coefficient (Wildman–Crippen LogP) is 1.98. The van der Waals surface area contributed by atoms with Crippen molar-refractivity contribution in [1.29, 1.82) is 0 Å². The molecule has 0 saturated heterocycles. The maximum absolute atomic E-state index is 8.97. The van der Waals surface area contributed by atoms with Crippen LogP contribution in [-0.4, -0.2) is 44.1 Å². The van der Waals surface area contributed by atoms with E-state index in [1.807, 2.05) is 24.5 Å². The molecule has 1 aromatic carbocycles. The van der Waals surface area contributed by atoms with Gasteiger partial charge in [0.15, 0.2) is 5.84 Å². The van der Waals surface area contributed by atoms with Gasteiger partial charge in [-0.3, -0.25) is 0 Å². The Hall–Kier alpha value is -1.40. The number of nitrogens with zero attached hydrogens (tertiary/aromatic N) is 2. The molecule has 0 spiro atoms. The molecule has 6 heteroatoms. The Morgan fingerprint density at radius 3 is 2.79 bits per heavy atom. The summed E-state index contributed by atoms with van der Waals surface area (Å²) in [6.45, 7) is 4.29. The summed E-state index contributed by atoms with van der Waals surface area (Å²) in [5.41, 5.74) is 7.55. The van der Waals surface area contributed by atoms with E-state index in [-0.39, 0.29) is 5.84 Å². The zero-order valence-electron chi connectivity index (χ0n) is 11.6. The normalized spacial score (nSPS) is 11.6. The molecule has 1 rings (SSSR count). The summed E-state index contributed by atoms with van der Waals surface area (Å²) in [5.74, 6) is 0.135. The molecule has 0 aliphatic rings. The van der Waals surface area contributed by atoms with Crippen LogP contribution < -0.4 is 10.6 Å². The molecule has 0 radical (unpaired) electrons. The molecule has 0 fully saturated rings. The number of hydrogen-bond donors (Lipinski definition) is 2. The van der Waals surface area contributed by atoms with E-state index < -0.39 is 0 Å². The first kappa shape index (κ1) is 15.7. The molecule has 1 aromatic rings. The molecule has 0 aliphatic carbocycles. The average molecular weight is 283 g/mol. The fraction of sp³-hybridized carbons (Fsp3) is 0.462. The van der Waals surface area contributed by atoms with E-state index in [2.05, 4.69) is 17.0 Å². The molecule has 0 bridgehead atoms. The zero-order chi connectivity index (χ0) is 14.3. The van der Waals surface area contributed by atoms with Gasteiger partial charge in [0.05, 0.1) is 12.2 Å². The van der Waals surface area contributed by atoms with Crippen LogP contribution in [0.25, 0.3) is 0 Å². The van der Waals surface area contributed by atoms with Gasteiger partial charge in [-0.25, -0.2) is 0 Å². The minimum atomic E-state index is 0.135. The third-order valence-electron chi connectivity index (χ3n) is 2.88. The van der Waals surface area contributed by atoms with E-state index in [0.29, 0.717) is 6.61 Å².